The lowest BCUT2D eigenvalue weighted by Crippen LogP contribution is -2.37. The summed E-state index contributed by atoms with van der Waals surface area (Å²) in [5, 5.41) is 5.22. The van der Waals surface area contributed by atoms with Crippen LogP contribution >= 0.6 is 0 Å². The molecule has 0 unspecified atom stereocenters. The molecule has 2 heterocycles. The van der Waals surface area contributed by atoms with Gasteiger partial charge in [-0.1, -0.05) is 0 Å². The number of carbonyl (C=O) groups excluding carboxylic acids is 3. The zero-order chi connectivity index (χ0) is 20.4. The van der Waals surface area contributed by atoms with Gasteiger partial charge in [-0.05, 0) is 36.4 Å². The van der Waals surface area contributed by atoms with E-state index >= 15 is 0 Å². The second kappa shape index (κ2) is 7.78. The van der Waals surface area contributed by atoms with Gasteiger partial charge in [-0.15, -0.1) is 0 Å². The molecular formula is C20H18FN3O5. The second-order valence-corrected chi connectivity index (χ2v) is 6.72. The summed E-state index contributed by atoms with van der Waals surface area (Å²) in [5.41, 5.74) is 1.05. The van der Waals surface area contributed by atoms with Crippen LogP contribution in [0.15, 0.2) is 42.5 Å². The monoisotopic (exact) mass is 399 g/mol. The minimum atomic E-state index is -0.578. The number of amides is 3. The molecule has 0 aliphatic carbocycles. The van der Waals surface area contributed by atoms with Gasteiger partial charge in [-0.25, -0.2) is 4.39 Å². The molecule has 4 rings (SSSR count). The number of halogens is 1. The van der Waals surface area contributed by atoms with Gasteiger partial charge in [0.15, 0.2) is 11.5 Å². The first-order chi connectivity index (χ1) is 14.0. The minimum Gasteiger partial charge on any atom is -0.454 e. The summed E-state index contributed by atoms with van der Waals surface area (Å²) in [4.78, 5) is 38.1. The van der Waals surface area contributed by atoms with Gasteiger partial charge in [-0.2, -0.15) is 0 Å². The van der Waals surface area contributed by atoms with Crippen LogP contribution < -0.4 is 25.0 Å². The predicted molar refractivity (Wildman–Crippen MR) is 101 cm³/mol. The number of nitrogens with one attached hydrogen (secondary N) is 2. The number of nitrogens with zero attached hydrogens (tertiary/aromatic N) is 1. The van der Waals surface area contributed by atoms with Crippen molar-refractivity contribution in [3.63, 3.8) is 0 Å². The van der Waals surface area contributed by atoms with E-state index in [4.69, 9.17) is 9.47 Å². The second-order valence-electron chi connectivity index (χ2n) is 6.72. The van der Waals surface area contributed by atoms with Crippen LogP contribution in [0.3, 0.4) is 0 Å². The molecule has 3 amide bonds. The van der Waals surface area contributed by atoms with Crippen molar-refractivity contribution >= 4 is 29.1 Å². The van der Waals surface area contributed by atoms with Crippen molar-refractivity contribution in [3.05, 3.63) is 48.3 Å². The Labute approximate surface area is 165 Å². The quantitative estimate of drug-likeness (QED) is 0.797. The predicted octanol–water partition coefficient (Wildman–Crippen LogP) is 1.66. The largest absolute Gasteiger partial charge is 0.454 e. The molecule has 29 heavy (non-hydrogen) atoms. The van der Waals surface area contributed by atoms with Gasteiger partial charge < -0.3 is 25.0 Å². The molecule has 1 saturated heterocycles. The smallest absolute Gasteiger partial charge is 0.243 e. The van der Waals surface area contributed by atoms with Gasteiger partial charge in [-0.3, -0.25) is 14.4 Å². The van der Waals surface area contributed by atoms with Gasteiger partial charge in [0.2, 0.25) is 24.5 Å². The van der Waals surface area contributed by atoms with E-state index in [1.807, 2.05) is 0 Å². The third kappa shape index (κ3) is 4.13. The van der Waals surface area contributed by atoms with Crippen molar-refractivity contribution < 1.29 is 28.2 Å². The maximum Gasteiger partial charge on any atom is 0.243 e. The molecule has 2 aromatic rings. The number of carbonyl (C=O) groups is 3. The highest BCUT2D eigenvalue weighted by Crippen LogP contribution is 2.34. The first-order valence-electron chi connectivity index (χ1n) is 9.03. The molecule has 9 heteroatoms. The van der Waals surface area contributed by atoms with Crippen LogP contribution in [0.5, 0.6) is 11.5 Å². The summed E-state index contributed by atoms with van der Waals surface area (Å²) in [5.74, 6) is -0.846. The summed E-state index contributed by atoms with van der Waals surface area (Å²) in [6, 6.07) is 10.5. The van der Waals surface area contributed by atoms with Gasteiger partial charge in [0.05, 0.1) is 12.5 Å². The molecule has 2 N–H and O–H groups in total. The van der Waals surface area contributed by atoms with E-state index in [9.17, 15) is 18.8 Å². The van der Waals surface area contributed by atoms with Crippen molar-refractivity contribution in [1.82, 2.24) is 5.32 Å². The Balaban J connectivity index is 1.29. The van der Waals surface area contributed by atoms with Crippen LogP contribution in [0, 0.1) is 11.7 Å². The number of hydrogen-bond acceptors (Lipinski definition) is 5. The van der Waals surface area contributed by atoms with Crippen LogP contribution in [0.2, 0.25) is 0 Å². The zero-order valence-electron chi connectivity index (χ0n) is 15.3. The highest BCUT2D eigenvalue weighted by Gasteiger charge is 2.35. The Hall–Kier alpha value is -3.62. The standard InChI is InChI=1S/C20H18FN3O5/c21-13-1-4-15(5-2-13)24-10-12(7-19(24)26)20(27)22-9-18(25)23-14-3-6-16-17(8-14)29-11-28-16/h1-6,8,12H,7,9-11H2,(H,22,27)(H,23,25)/t12-/m1/s1. The average Bonchev–Trinajstić information content (AvgIpc) is 3.33. The fourth-order valence-electron chi connectivity index (χ4n) is 3.24. The highest BCUT2D eigenvalue weighted by molar-refractivity contribution is 6.01. The molecule has 150 valence electrons. The van der Waals surface area contributed by atoms with E-state index < -0.39 is 17.6 Å². The van der Waals surface area contributed by atoms with Crippen molar-refractivity contribution in [2.75, 3.05) is 30.1 Å². The molecular weight excluding hydrogens is 381 g/mol. The lowest BCUT2D eigenvalue weighted by Gasteiger charge is -2.16. The van der Waals surface area contributed by atoms with Crippen molar-refractivity contribution in [1.29, 1.82) is 0 Å². The SMILES string of the molecule is O=C(CNC(=O)[C@@H]1CC(=O)N(c2ccc(F)cc2)C1)Nc1ccc2c(c1)OCO2. The molecule has 2 aromatic carbocycles. The first-order valence-corrected chi connectivity index (χ1v) is 9.03. The molecule has 0 bridgehead atoms. The van der Waals surface area contributed by atoms with Crippen LogP contribution in [-0.4, -0.2) is 37.6 Å². The number of benzene rings is 2. The minimum absolute atomic E-state index is 0.0347. The van der Waals surface area contributed by atoms with Gasteiger partial charge in [0.25, 0.3) is 0 Å². The summed E-state index contributed by atoms with van der Waals surface area (Å²) in [6.45, 7) is 0.0897. The fraction of sp³-hybridized carbons (Fsp3) is 0.250. The fourth-order valence-corrected chi connectivity index (χ4v) is 3.24. The lowest BCUT2D eigenvalue weighted by molar-refractivity contribution is -0.127. The van der Waals surface area contributed by atoms with E-state index in [1.165, 1.54) is 29.2 Å². The number of rotatable bonds is 5. The van der Waals surface area contributed by atoms with Gasteiger partial charge in [0.1, 0.15) is 5.82 Å². The molecule has 1 atom stereocenters. The van der Waals surface area contributed by atoms with Crippen LogP contribution in [0.25, 0.3) is 0 Å². The molecule has 0 saturated carbocycles. The van der Waals surface area contributed by atoms with Crippen LogP contribution in [0.1, 0.15) is 6.42 Å². The van der Waals surface area contributed by atoms with Crippen LogP contribution in [-0.2, 0) is 14.4 Å². The Morgan fingerprint density at radius 1 is 1.10 bits per heavy atom. The maximum atomic E-state index is 13.1. The maximum absolute atomic E-state index is 13.1. The Morgan fingerprint density at radius 2 is 1.86 bits per heavy atom. The number of fused-ring (bicyclic) bond motifs is 1. The van der Waals surface area contributed by atoms with Crippen molar-refractivity contribution in [2.45, 2.75) is 6.42 Å². The zero-order valence-corrected chi connectivity index (χ0v) is 15.3. The van der Waals surface area contributed by atoms with E-state index in [0.717, 1.165) is 0 Å². The van der Waals surface area contributed by atoms with Crippen molar-refractivity contribution in [3.8, 4) is 11.5 Å². The Morgan fingerprint density at radius 3 is 2.66 bits per heavy atom. The van der Waals surface area contributed by atoms with Crippen molar-refractivity contribution in [2.24, 2.45) is 5.92 Å². The molecule has 0 radical (unpaired) electrons. The third-order valence-corrected chi connectivity index (χ3v) is 4.71. The lowest BCUT2D eigenvalue weighted by atomic mass is 10.1. The van der Waals surface area contributed by atoms with Gasteiger partial charge >= 0.3 is 0 Å². The summed E-state index contributed by atoms with van der Waals surface area (Å²) >= 11 is 0. The summed E-state index contributed by atoms with van der Waals surface area (Å²) in [7, 11) is 0. The average molecular weight is 399 g/mol. The Bertz CT molecular complexity index is 963. The number of ether oxygens (including phenoxy) is 2. The summed E-state index contributed by atoms with van der Waals surface area (Å²) < 4.78 is 23.5. The molecule has 0 spiro atoms. The molecule has 0 aromatic heterocycles. The molecule has 2 aliphatic heterocycles. The van der Waals surface area contributed by atoms with E-state index in [-0.39, 0.29) is 38.1 Å². The van der Waals surface area contributed by atoms with Gasteiger partial charge in [0, 0.05) is 30.4 Å². The third-order valence-electron chi connectivity index (χ3n) is 4.71. The molecule has 2 aliphatic rings. The van der Waals surface area contributed by atoms with E-state index in [0.29, 0.717) is 22.9 Å². The number of hydrogen-bond donors (Lipinski definition) is 2. The topological polar surface area (TPSA) is 97.0 Å². The normalized spacial score (nSPS) is 17.3. The molecule has 1 fully saturated rings. The first kappa shape index (κ1) is 18.7. The summed E-state index contributed by atoms with van der Waals surface area (Å²) in [6.07, 6.45) is 0.0347. The number of anilines is 2. The van der Waals surface area contributed by atoms with E-state index in [1.54, 1.807) is 18.2 Å². The highest BCUT2D eigenvalue weighted by atomic mass is 19.1. The van der Waals surface area contributed by atoms with Crippen LogP contribution in [0.4, 0.5) is 15.8 Å². The Kier molecular flexibility index (Phi) is 5.03. The molecule has 8 nitrogen and oxygen atoms in total. The van der Waals surface area contributed by atoms with E-state index in [2.05, 4.69) is 10.6 Å².